The third kappa shape index (κ3) is 5.70. The van der Waals surface area contributed by atoms with Crippen molar-refractivity contribution in [2.24, 2.45) is 5.92 Å². The van der Waals surface area contributed by atoms with Gasteiger partial charge in [-0.1, -0.05) is 18.9 Å². The summed E-state index contributed by atoms with van der Waals surface area (Å²) in [4.78, 5) is 37.6. The Morgan fingerprint density at radius 1 is 1.07 bits per heavy atom. The molecule has 1 saturated heterocycles. The molecule has 1 heterocycles. The first-order valence-corrected chi connectivity index (χ1v) is 9.85. The summed E-state index contributed by atoms with van der Waals surface area (Å²) >= 11 is 0. The van der Waals surface area contributed by atoms with E-state index in [-0.39, 0.29) is 23.8 Å². The summed E-state index contributed by atoms with van der Waals surface area (Å²) < 4.78 is 0. The minimum atomic E-state index is -0.290. The second-order valence-corrected chi connectivity index (χ2v) is 7.27. The van der Waals surface area contributed by atoms with Gasteiger partial charge in [-0.2, -0.15) is 0 Å². The minimum Gasteiger partial charge on any atom is -0.343 e. The molecule has 1 aliphatic heterocycles. The van der Waals surface area contributed by atoms with Crippen LogP contribution in [0.4, 0.5) is 16.2 Å². The molecule has 27 heavy (non-hydrogen) atoms. The maximum absolute atomic E-state index is 12.2. The first-order chi connectivity index (χ1) is 13.1. The molecular weight excluding hydrogens is 344 g/mol. The molecule has 1 aromatic rings. The zero-order valence-corrected chi connectivity index (χ0v) is 15.6. The highest BCUT2D eigenvalue weighted by atomic mass is 16.2. The number of hydrogen-bond donors (Lipinski definition) is 3. The normalized spacial score (nSPS) is 17.2. The van der Waals surface area contributed by atoms with Gasteiger partial charge < -0.3 is 20.9 Å². The molecule has 3 N–H and O–H groups in total. The lowest BCUT2D eigenvalue weighted by Crippen LogP contribution is -2.33. The maximum atomic E-state index is 12.2. The number of urea groups is 1. The molecule has 1 aliphatic carbocycles. The first-order valence-electron chi connectivity index (χ1n) is 9.85. The molecule has 0 spiro atoms. The van der Waals surface area contributed by atoms with E-state index in [9.17, 15) is 14.4 Å². The summed E-state index contributed by atoms with van der Waals surface area (Å²) in [6.45, 7) is 2.01. The van der Waals surface area contributed by atoms with Crippen LogP contribution >= 0.6 is 0 Å². The average molecular weight is 372 g/mol. The molecule has 3 rings (SSSR count). The molecule has 7 heteroatoms. The average Bonchev–Trinajstić information content (AvgIpc) is 3.31. The molecule has 0 atom stereocenters. The molecule has 0 unspecified atom stereocenters. The van der Waals surface area contributed by atoms with Crippen molar-refractivity contribution in [1.29, 1.82) is 0 Å². The number of nitrogens with zero attached hydrogens (tertiary/aromatic N) is 1. The molecule has 1 aromatic carbocycles. The molecule has 0 radical (unpaired) electrons. The van der Waals surface area contributed by atoms with Gasteiger partial charge in [-0.25, -0.2) is 4.79 Å². The fourth-order valence-electron chi connectivity index (χ4n) is 3.69. The van der Waals surface area contributed by atoms with Gasteiger partial charge in [0.25, 0.3) is 0 Å². The summed E-state index contributed by atoms with van der Waals surface area (Å²) in [5.74, 6) is 0.369. The maximum Gasteiger partial charge on any atom is 0.319 e. The van der Waals surface area contributed by atoms with E-state index in [0.29, 0.717) is 30.9 Å². The van der Waals surface area contributed by atoms with Crippen LogP contribution < -0.4 is 16.0 Å². The van der Waals surface area contributed by atoms with E-state index >= 15 is 0 Å². The number of carbonyl (C=O) groups is 3. The van der Waals surface area contributed by atoms with Crippen molar-refractivity contribution in [1.82, 2.24) is 10.2 Å². The molecule has 7 nitrogen and oxygen atoms in total. The highest BCUT2D eigenvalue weighted by molar-refractivity contribution is 5.94. The second kappa shape index (κ2) is 9.39. The van der Waals surface area contributed by atoms with Gasteiger partial charge >= 0.3 is 6.03 Å². The van der Waals surface area contributed by atoms with Crippen LogP contribution in [0.25, 0.3) is 0 Å². The molecule has 2 aliphatic rings. The molecule has 4 amide bonds. The number of benzene rings is 1. The van der Waals surface area contributed by atoms with Gasteiger partial charge in [0.15, 0.2) is 0 Å². The van der Waals surface area contributed by atoms with E-state index in [1.807, 2.05) is 11.0 Å². The second-order valence-electron chi connectivity index (χ2n) is 7.27. The van der Waals surface area contributed by atoms with Crippen molar-refractivity contribution in [3.05, 3.63) is 24.3 Å². The molecule has 0 bridgehead atoms. The number of anilines is 2. The van der Waals surface area contributed by atoms with E-state index in [2.05, 4.69) is 16.0 Å². The molecular formula is C20H28N4O3. The Kier molecular flexibility index (Phi) is 6.68. The smallest absolute Gasteiger partial charge is 0.319 e. The van der Waals surface area contributed by atoms with Crippen LogP contribution in [0.15, 0.2) is 24.3 Å². The van der Waals surface area contributed by atoms with Crippen LogP contribution in [0.5, 0.6) is 0 Å². The van der Waals surface area contributed by atoms with Gasteiger partial charge in [0.05, 0.1) is 0 Å². The lowest BCUT2D eigenvalue weighted by Gasteiger charge is -2.15. The fourth-order valence-corrected chi connectivity index (χ4v) is 3.69. The van der Waals surface area contributed by atoms with Crippen LogP contribution in [-0.4, -0.2) is 42.4 Å². The van der Waals surface area contributed by atoms with Crippen LogP contribution in [0.2, 0.25) is 0 Å². The predicted octanol–water partition coefficient (Wildman–Crippen LogP) is 2.95. The Bertz CT molecular complexity index is 686. The third-order valence-corrected chi connectivity index (χ3v) is 5.18. The van der Waals surface area contributed by atoms with E-state index in [1.54, 1.807) is 18.2 Å². The monoisotopic (exact) mass is 372 g/mol. The summed E-state index contributed by atoms with van der Waals surface area (Å²) in [5, 5.41) is 8.52. The van der Waals surface area contributed by atoms with E-state index in [4.69, 9.17) is 0 Å². The van der Waals surface area contributed by atoms with Gasteiger partial charge in [-0.3, -0.25) is 9.59 Å². The number of hydrogen-bond acceptors (Lipinski definition) is 3. The Morgan fingerprint density at radius 2 is 1.81 bits per heavy atom. The third-order valence-electron chi connectivity index (χ3n) is 5.18. The van der Waals surface area contributed by atoms with Crippen molar-refractivity contribution >= 4 is 29.2 Å². The summed E-state index contributed by atoms with van der Waals surface area (Å²) in [6, 6.07) is 6.88. The summed E-state index contributed by atoms with van der Waals surface area (Å²) in [5.41, 5.74) is 1.32. The molecule has 1 saturated carbocycles. The van der Waals surface area contributed by atoms with E-state index in [0.717, 1.165) is 45.1 Å². The Hall–Kier alpha value is -2.57. The zero-order chi connectivity index (χ0) is 19.1. The lowest BCUT2D eigenvalue weighted by atomic mass is 10.1. The topological polar surface area (TPSA) is 90.5 Å². The number of nitrogens with one attached hydrogen (secondary N) is 3. The van der Waals surface area contributed by atoms with Crippen molar-refractivity contribution < 1.29 is 14.4 Å². The quantitative estimate of drug-likeness (QED) is 0.643. The van der Waals surface area contributed by atoms with Crippen LogP contribution in [0.1, 0.15) is 44.9 Å². The van der Waals surface area contributed by atoms with Gasteiger partial charge in [-0.05, 0) is 43.9 Å². The van der Waals surface area contributed by atoms with E-state index in [1.165, 1.54) is 0 Å². The SMILES string of the molecule is O=C(NCCCN1CCCC1=O)Nc1cccc(NC(=O)C2CCCC2)c1. The highest BCUT2D eigenvalue weighted by Gasteiger charge is 2.22. The van der Waals surface area contributed by atoms with Crippen LogP contribution in [-0.2, 0) is 9.59 Å². The number of likely N-dealkylation sites (tertiary alicyclic amines) is 1. The number of amides is 4. The Labute approximate surface area is 159 Å². The van der Waals surface area contributed by atoms with Gasteiger partial charge in [-0.15, -0.1) is 0 Å². The minimum absolute atomic E-state index is 0.0607. The molecule has 146 valence electrons. The Morgan fingerprint density at radius 3 is 2.52 bits per heavy atom. The first kappa shape index (κ1) is 19.2. The Balaban J connectivity index is 1.39. The van der Waals surface area contributed by atoms with Crippen molar-refractivity contribution in [3.8, 4) is 0 Å². The van der Waals surface area contributed by atoms with Crippen molar-refractivity contribution in [2.75, 3.05) is 30.3 Å². The van der Waals surface area contributed by atoms with Gasteiger partial charge in [0, 0.05) is 43.3 Å². The van der Waals surface area contributed by atoms with Gasteiger partial charge in [0.1, 0.15) is 0 Å². The van der Waals surface area contributed by atoms with Crippen LogP contribution in [0, 0.1) is 5.92 Å². The fraction of sp³-hybridized carbons (Fsp3) is 0.550. The summed E-state index contributed by atoms with van der Waals surface area (Å²) in [6.07, 6.45) is 6.44. The molecule has 2 fully saturated rings. The zero-order valence-electron chi connectivity index (χ0n) is 15.6. The standard InChI is InChI=1S/C20H28N4O3/c25-18-10-4-12-24(18)13-5-11-21-20(27)23-17-9-3-8-16(14-17)22-19(26)15-6-1-2-7-15/h3,8-9,14-15H,1-2,4-7,10-13H2,(H,22,26)(H2,21,23,27). The molecule has 0 aromatic heterocycles. The number of carbonyl (C=O) groups excluding carboxylic acids is 3. The van der Waals surface area contributed by atoms with Crippen molar-refractivity contribution in [2.45, 2.75) is 44.9 Å². The van der Waals surface area contributed by atoms with Gasteiger partial charge in [0.2, 0.25) is 11.8 Å². The lowest BCUT2D eigenvalue weighted by molar-refractivity contribution is -0.127. The number of rotatable bonds is 7. The van der Waals surface area contributed by atoms with Crippen molar-refractivity contribution in [3.63, 3.8) is 0 Å². The largest absolute Gasteiger partial charge is 0.343 e. The van der Waals surface area contributed by atoms with Crippen LogP contribution in [0.3, 0.4) is 0 Å². The summed E-state index contributed by atoms with van der Waals surface area (Å²) in [7, 11) is 0. The predicted molar refractivity (Wildman–Crippen MR) is 104 cm³/mol. The highest BCUT2D eigenvalue weighted by Crippen LogP contribution is 2.26. The van der Waals surface area contributed by atoms with E-state index < -0.39 is 0 Å².